The van der Waals surface area contributed by atoms with Crippen molar-refractivity contribution in [1.29, 1.82) is 5.41 Å². The van der Waals surface area contributed by atoms with Gasteiger partial charge in [-0.15, -0.1) is 5.10 Å². The third kappa shape index (κ3) is 3.05. The van der Waals surface area contributed by atoms with Crippen molar-refractivity contribution in [3.8, 4) is 17.1 Å². The Morgan fingerprint density at radius 3 is 2.65 bits per heavy atom. The van der Waals surface area contributed by atoms with Gasteiger partial charge in [0.25, 0.3) is 0 Å². The van der Waals surface area contributed by atoms with Crippen molar-refractivity contribution in [2.24, 2.45) is 0 Å². The summed E-state index contributed by atoms with van der Waals surface area (Å²) in [5, 5.41) is 30.4. The fourth-order valence-corrected chi connectivity index (χ4v) is 2.24. The van der Waals surface area contributed by atoms with Crippen LogP contribution in [0.2, 0.25) is 5.02 Å². The van der Waals surface area contributed by atoms with Crippen molar-refractivity contribution in [3.05, 3.63) is 59.0 Å². The summed E-state index contributed by atoms with van der Waals surface area (Å²) in [5.41, 5.74) is 0.122. The number of hydrogen-bond acceptors (Lipinski definition) is 5. The maximum atomic E-state index is 14.1. The fraction of sp³-hybridized carbons (Fsp3) is 0. The number of hydrogen-bond donors (Lipinski definition) is 3. The Labute approximate surface area is 135 Å². The molecule has 0 saturated heterocycles. The lowest BCUT2D eigenvalue weighted by Gasteiger charge is -2.04. The van der Waals surface area contributed by atoms with Crippen LogP contribution in [0.5, 0.6) is 0 Å². The van der Waals surface area contributed by atoms with E-state index in [9.17, 15) is 4.39 Å². The van der Waals surface area contributed by atoms with Crippen LogP contribution in [-0.2, 0) is 0 Å². The minimum atomic E-state index is -1.78. The van der Waals surface area contributed by atoms with Gasteiger partial charge in [0.15, 0.2) is 0 Å². The van der Waals surface area contributed by atoms with E-state index >= 15 is 0 Å². The molecule has 2 aromatic carbocycles. The smallest absolute Gasteiger partial charge is 0.423 e. The Morgan fingerprint density at radius 1 is 1.22 bits per heavy atom. The zero-order valence-electron chi connectivity index (χ0n) is 11.6. The first-order valence-corrected chi connectivity index (χ1v) is 6.90. The highest BCUT2D eigenvalue weighted by molar-refractivity contribution is 6.58. The average molecular weight is 334 g/mol. The highest BCUT2D eigenvalue weighted by atomic mass is 35.5. The van der Waals surface area contributed by atoms with E-state index in [1.165, 1.54) is 12.1 Å². The van der Waals surface area contributed by atoms with Gasteiger partial charge in [-0.3, -0.25) is 0 Å². The molecule has 6 nitrogen and oxygen atoms in total. The molecule has 0 aliphatic rings. The van der Waals surface area contributed by atoms with Crippen molar-refractivity contribution < 1.29 is 18.9 Å². The van der Waals surface area contributed by atoms with E-state index in [0.29, 0.717) is 10.6 Å². The number of benzene rings is 2. The van der Waals surface area contributed by atoms with Crippen LogP contribution in [0.4, 0.5) is 4.39 Å². The highest BCUT2D eigenvalue weighted by Gasteiger charge is 2.17. The predicted molar refractivity (Wildman–Crippen MR) is 81.9 cm³/mol. The molecule has 0 bridgehead atoms. The Balaban J connectivity index is 2.07. The van der Waals surface area contributed by atoms with Gasteiger partial charge in [0.05, 0.1) is 0 Å². The second-order valence-electron chi connectivity index (χ2n) is 4.72. The molecule has 0 radical (unpaired) electrons. The van der Waals surface area contributed by atoms with Crippen LogP contribution < -0.4 is 11.1 Å². The molecular weight excluding hydrogens is 323 g/mol. The van der Waals surface area contributed by atoms with Crippen LogP contribution in [0.1, 0.15) is 0 Å². The molecule has 0 fully saturated rings. The molecule has 0 unspecified atom stereocenters. The van der Waals surface area contributed by atoms with Crippen LogP contribution in [0.25, 0.3) is 17.1 Å². The Hall–Kier alpha value is -2.42. The lowest BCUT2D eigenvalue weighted by atomic mass is 9.80. The van der Waals surface area contributed by atoms with Crippen LogP contribution in [0.15, 0.2) is 46.9 Å². The summed E-state index contributed by atoms with van der Waals surface area (Å²) < 4.78 is 20.3. The molecule has 0 amide bonds. The van der Waals surface area contributed by atoms with Gasteiger partial charge in [0.2, 0.25) is 5.89 Å². The summed E-state index contributed by atoms with van der Waals surface area (Å²) in [5.74, 6) is -0.650. The molecule has 0 atom stereocenters. The fourth-order valence-electron chi connectivity index (χ4n) is 2.05. The largest absolute Gasteiger partial charge is 0.488 e. The predicted octanol–water partition coefficient (Wildman–Crippen LogP) is 1.08. The standard InChI is InChI=1S/C14H10BClFN3O3/c16-10-3-1-2-8(6-10)13-19-20(14(18)23-13)12-5-4-9(15(21)22)7-11(12)17/h1-7,18,21-22H. The summed E-state index contributed by atoms with van der Waals surface area (Å²) >= 11 is 5.90. The third-order valence-corrected chi connectivity index (χ3v) is 3.38. The normalized spacial score (nSPS) is 10.8. The van der Waals surface area contributed by atoms with Gasteiger partial charge in [-0.1, -0.05) is 23.7 Å². The molecule has 0 saturated carbocycles. The van der Waals surface area contributed by atoms with Gasteiger partial charge in [0.1, 0.15) is 11.5 Å². The highest BCUT2D eigenvalue weighted by Crippen LogP contribution is 2.20. The monoisotopic (exact) mass is 333 g/mol. The molecule has 0 spiro atoms. The Kier molecular flexibility index (Phi) is 4.04. The van der Waals surface area contributed by atoms with E-state index in [2.05, 4.69) is 5.10 Å². The molecule has 0 aliphatic heterocycles. The number of aromatic nitrogens is 2. The minimum Gasteiger partial charge on any atom is -0.423 e. The zero-order valence-corrected chi connectivity index (χ0v) is 12.3. The first-order valence-electron chi connectivity index (χ1n) is 6.52. The second-order valence-corrected chi connectivity index (χ2v) is 5.16. The van der Waals surface area contributed by atoms with E-state index in [-0.39, 0.29) is 22.7 Å². The van der Waals surface area contributed by atoms with Crippen molar-refractivity contribution >= 4 is 24.2 Å². The van der Waals surface area contributed by atoms with Crippen molar-refractivity contribution in [1.82, 2.24) is 9.78 Å². The maximum Gasteiger partial charge on any atom is 0.488 e. The lowest BCUT2D eigenvalue weighted by molar-refractivity contribution is 0.425. The third-order valence-electron chi connectivity index (χ3n) is 3.15. The zero-order chi connectivity index (χ0) is 16.6. The second kappa shape index (κ2) is 6.00. The number of nitrogens with zero attached hydrogens (tertiary/aromatic N) is 2. The van der Waals surface area contributed by atoms with E-state index in [4.69, 9.17) is 31.5 Å². The van der Waals surface area contributed by atoms with Crippen molar-refractivity contribution in [2.45, 2.75) is 0 Å². The minimum absolute atomic E-state index is 0.00283. The Morgan fingerprint density at radius 2 is 2.00 bits per heavy atom. The molecule has 1 heterocycles. The van der Waals surface area contributed by atoms with Crippen LogP contribution in [-0.4, -0.2) is 26.9 Å². The number of halogens is 2. The molecule has 1 aromatic heterocycles. The van der Waals surface area contributed by atoms with Crippen molar-refractivity contribution in [2.75, 3.05) is 0 Å². The van der Waals surface area contributed by atoms with Gasteiger partial charge in [-0.25, -0.2) is 9.80 Å². The number of rotatable bonds is 3. The maximum absolute atomic E-state index is 14.1. The van der Waals surface area contributed by atoms with Gasteiger partial charge in [-0.2, -0.15) is 4.68 Å². The molecule has 3 aromatic rings. The van der Waals surface area contributed by atoms with E-state index in [1.54, 1.807) is 24.3 Å². The first kappa shape index (κ1) is 15.5. The van der Waals surface area contributed by atoms with E-state index in [0.717, 1.165) is 10.7 Å². The van der Waals surface area contributed by atoms with Gasteiger partial charge in [0, 0.05) is 10.6 Å². The topological polar surface area (TPSA) is 95.3 Å². The van der Waals surface area contributed by atoms with E-state index in [1.807, 2.05) is 0 Å². The quantitative estimate of drug-likeness (QED) is 0.625. The van der Waals surface area contributed by atoms with Crippen LogP contribution in [0.3, 0.4) is 0 Å². The van der Waals surface area contributed by atoms with Gasteiger partial charge < -0.3 is 14.5 Å². The Bertz CT molecular complexity index is 926. The summed E-state index contributed by atoms with van der Waals surface area (Å²) in [6, 6.07) is 10.3. The summed E-state index contributed by atoms with van der Waals surface area (Å²) in [6.45, 7) is 0. The van der Waals surface area contributed by atoms with Gasteiger partial charge in [-0.05, 0) is 35.8 Å². The summed E-state index contributed by atoms with van der Waals surface area (Å²) in [4.78, 5) is 0. The average Bonchev–Trinajstić information content (AvgIpc) is 2.89. The molecule has 116 valence electrons. The molecule has 23 heavy (non-hydrogen) atoms. The molecule has 3 N–H and O–H groups in total. The molecule has 9 heteroatoms. The molecule has 3 rings (SSSR count). The van der Waals surface area contributed by atoms with Crippen molar-refractivity contribution in [3.63, 3.8) is 0 Å². The first-order chi connectivity index (χ1) is 11.0. The molecule has 0 aliphatic carbocycles. The van der Waals surface area contributed by atoms with Crippen LogP contribution >= 0.6 is 11.6 Å². The number of nitrogens with one attached hydrogen (secondary N) is 1. The summed E-state index contributed by atoms with van der Waals surface area (Å²) in [6.07, 6.45) is 0. The van der Waals surface area contributed by atoms with Crippen LogP contribution in [0, 0.1) is 11.2 Å². The van der Waals surface area contributed by atoms with Gasteiger partial charge >= 0.3 is 12.8 Å². The van der Waals surface area contributed by atoms with E-state index < -0.39 is 12.9 Å². The molecular formula is C14H10BClFN3O3. The SMILES string of the molecule is N=c1oc(-c2cccc(Cl)c2)nn1-c1ccc(B(O)O)cc1F. The lowest BCUT2D eigenvalue weighted by Crippen LogP contribution is -2.30. The summed E-state index contributed by atoms with van der Waals surface area (Å²) in [7, 11) is -1.78.